The Labute approximate surface area is 155 Å². The van der Waals surface area contributed by atoms with E-state index in [1.807, 2.05) is 24.4 Å². The summed E-state index contributed by atoms with van der Waals surface area (Å²) in [6.07, 6.45) is 7.73. The molecule has 25 heavy (non-hydrogen) atoms. The van der Waals surface area contributed by atoms with Crippen LogP contribution in [0.25, 0.3) is 11.4 Å². The predicted octanol–water partition coefficient (Wildman–Crippen LogP) is 3.80. The molecule has 0 bridgehead atoms. The molecule has 0 fully saturated rings. The summed E-state index contributed by atoms with van der Waals surface area (Å²) >= 11 is 12.4. The second-order valence-corrected chi connectivity index (χ2v) is 6.83. The molecule has 0 amide bonds. The third kappa shape index (κ3) is 3.63. The molecular weight excluding hydrogens is 357 g/mol. The first-order valence-corrected chi connectivity index (χ1v) is 8.71. The molecule has 4 rings (SSSR count). The highest BCUT2D eigenvalue weighted by Gasteiger charge is 2.19. The van der Waals surface area contributed by atoms with Crippen LogP contribution in [-0.4, -0.2) is 31.4 Å². The van der Waals surface area contributed by atoms with Crippen molar-refractivity contribution in [3.8, 4) is 11.4 Å². The Kier molecular flexibility index (Phi) is 4.61. The maximum atomic E-state index is 6.28. The molecule has 3 aromatic rings. The highest BCUT2D eigenvalue weighted by atomic mass is 35.5. The fraction of sp³-hybridized carbons (Fsp3) is 0.222. The van der Waals surface area contributed by atoms with Gasteiger partial charge in [-0.15, -0.1) is 0 Å². The van der Waals surface area contributed by atoms with Gasteiger partial charge in [0.15, 0.2) is 5.82 Å². The predicted molar refractivity (Wildman–Crippen MR) is 97.3 cm³/mol. The first kappa shape index (κ1) is 16.4. The van der Waals surface area contributed by atoms with Crippen LogP contribution in [0, 0.1) is 0 Å². The van der Waals surface area contributed by atoms with Gasteiger partial charge in [-0.3, -0.25) is 4.90 Å². The normalized spacial score (nSPS) is 14.3. The van der Waals surface area contributed by atoms with Crippen molar-refractivity contribution in [2.75, 3.05) is 6.54 Å². The third-order valence-electron chi connectivity index (χ3n) is 4.23. The average Bonchev–Trinajstić information content (AvgIpc) is 2.65. The number of rotatable bonds is 3. The van der Waals surface area contributed by atoms with Crippen LogP contribution < -0.4 is 0 Å². The van der Waals surface area contributed by atoms with Gasteiger partial charge in [0.1, 0.15) is 6.33 Å². The lowest BCUT2D eigenvalue weighted by molar-refractivity contribution is 0.243. The quantitative estimate of drug-likeness (QED) is 0.700. The van der Waals surface area contributed by atoms with Crippen molar-refractivity contribution in [3.05, 3.63) is 70.0 Å². The Morgan fingerprint density at radius 2 is 1.92 bits per heavy atom. The van der Waals surface area contributed by atoms with E-state index in [0.717, 1.165) is 53.5 Å². The summed E-state index contributed by atoms with van der Waals surface area (Å²) in [5, 5.41) is 1.45. The molecule has 0 atom stereocenters. The van der Waals surface area contributed by atoms with Crippen LogP contribution >= 0.6 is 23.2 Å². The van der Waals surface area contributed by atoms with Gasteiger partial charge in [0, 0.05) is 60.3 Å². The van der Waals surface area contributed by atoms with E-state index >= 15 is 0 Å². The van der Waals surface area contributed by atoms with Crippen LogP contribution in [0.2, 0.25) is 10.0 Å². The first-order valence-electron chi connectivity index (χ1n) is 7.95. The Morgan fingerprint density at radius 1 is 1.08 bits per heavy atom. The van der Waals surface area contributed by atoms with Gasteiger partial charge in [-0.25, -0.2) is 19.9 Å². The van der Waals surface area contributed by atoms with Gasteiger partial charge in [0.25, 0.3) is 0 Å². The molecular formula is C18H15Cl2N5. The van der Waals surface area contributed by atoms with E-state index in [4.69, 9.17) is 28.2 Å². The summed E-state index contributed by atoms with van der Waals surface area (Å²) < 4.78 is 0. The molecule has 2 aromatic heterocycles. The molecule has 1 aliphatic heterocycles. The van der Waals surface area contributed by atoms with E-state index in [1.165, 1.54) is 6.33 Å². The number of nitrogens with zero attached hydrogens (tertiary/aromatic N) is 5. The van der Waals surface area contributed by atoms with E-state index < -0.39 is 0 Å². The minimum atomic E-state index is 0.672. The zero-order chi connectivity index (χ0) is 17.2. The zero-order valence-corrected chi connectivity index (χ0v) is 14.9. The van der Waals surface area contributed by atoms with Crippen LogP contribution in [-0.2, 0) is 19.5 Å². The molecule has 0 saturated heterocycles. The summed E-state index contributed by atoms with van der Waals surface area (Å²) in [5.74, 6) is 0.672. The number of halogens is 2. The summed E-state index contributed by atoms with van der Waals surface area (Å²) in [6, 6.07) is 5.57. The lowest BCUT2D eigenvalue weighted by Crippen LogP contribution is -2.31. The van der Waals surface area contributed by atoms with Gasteiger partial charge >= 0.3 is 0 Å². The molecule has 5 nitrogen and oxygen atoms in total. The summed E-state index contributed by atoms with van der Waals surface area (Å²) in [5.41, 5.74) is 4.10. The molecule has 126 valence electrons. The summed E-state index contributed by atoms with van der Waals surface area (Å²) in [7, 11) is 0. The van der Waals surface area contributed by atoms with E-state index in [2.05, 4.69) is 19.9 Å². The van der Waals surface area contributed by atoms with Crippen molar-refractivity contribution in [2.24, 2.45) is 0 Å². The fourth-order valence-electron chi connectivity index (χ4n) is 2.97. The first-order chi connectivity index (χ1) is 12.2. The number of hydrogen-bond acceptors (Lipinski definition) is 5. The van der Waals surface area contributed by atoms with E-state index in [-0.39, 0.29) is 0 Å². The minimum absolute atomic E-state index is 0.672. The summed E-state index contributed by atoms with van der Waals surface area (Å²) in [6.45, 7) is 2.47. The number of fused-ring (bicyclic) bond motifs is 1. The Bertz CT molecular complexity index is 901. The molecule has 1 aromatic carbocycles. The van der Waals surface area contributed by atoms with Crippen LogP contribution in [0.15, 0.2) is 43.1 Å². The standard InChI is InChI=1S/C18H15Cl2N5/c19-15-1-2-16(20)12(5-15)9-25-4-3-17-14(10-25)8-23-18(24-17)13-6-21-11-22-7-13/h1-2,5-8,11H,3-4,9-10H2. The van der Waals surface area contributed by atoms with Crippen LogP contribution in [0.3, 0.4) is 0 Å². The largest absolute Gasteiger partial charge is 0.294 e. The lowest BCUT2D eigenvalue weighted by atomic mass is 10.1. The SMILES string of the molecule is Clc1ccc(Cl)c(CN2CCc3nc(-c4cncnc4)ncc3C2)c1. The zero-order valence-electron chi connectivity index (χ0n) is 13.4. The van der Waals surface area contributed by atoms with Crippen molar-refractivity contribution in [1.29, 1.82) is 0 Å². The van der Waals surface area contributed by atoms with Crippen LogP contribution in [0.1, 0.15) is 16.8 Å². The highest BCUT2D eigenvalue weighted by molar-refractivity contribution is 6.33. The van der Waals surface area contributed by atoms with Gasteiger partial charge in [0.05, 0.1) is 11.3 Å². The van der Waals surface area contributed by atoms with E-state index in [0.29, 0.717) is 10.8 Å². The maximum absolute atomic E-state index is 6.28. The van der Waals surface area contributed by atoms with Crippen LogP contribution in [0.4, 0.5) is 0 Å². The second kappa shape index (κ2) is 7.04. The average molecular weight is 372 g/mol. The fourth-order valence-corrected chi connectivity index (χ4v) is 3.34. The molecule has 0 saturated carbocycles. The molecule has 0 spiro atoms. The minimum Gasteiger partial charge on any atom is -0.294 e. The molecule has 0 unspecified atom stereocenters. The summed E-state index contributed by atoms with van der Waals surface area (Å²) in [4.78, 5) is 19.5. The molecule has 0 aliphatic carbocycles. The van der Waals surface area contributed by atoms with E-state index in [9.17, 15) is 0 Å². The number of aromatic nitrogens is 4. The van der Waals surface area contributed by atoms with Crippen molar-refractivity contribution in [2.45, 2.75) is 19.5 Å². The third-order valence-corrected chi connectivity index (χ3v) is 4.84. The Morgan fingerprint density at radius 3 is 2.76 bits per heavy atom. The maximum Gasteiger partial charge on any atom is 0.162 e. The number of benzene rings is 1. The molecule has 3 heterocycles. The molecule has 7 heteroatoms. The van der Waals surface area contributed by atoms with Gasteiger partial charge in [-0.2, -0.15) is 0 Å². The Hall–Kier alpha value is -2.08. The Balaban J connectivity index is 1.53. The molecule has 0 N–H and O–H groups in total. The highest BCUT2D eigenvalue weighted by Crippen LogP contribution is 2.25. The van der Waals surface area contributed by atoms with Crippen molar-refractivity contribution in [1.82, 2.24) is 24.8 Å². The van der Waals surface area contributed by atoms with Crippen LogP contribution in [0.5, 0.6) is 0 Å². The van der Waals surface area contributed by atoms with Gasteiger partial charge < -0.3 is 0 Å². The lowest BCUT2D eigenvalue weighted by Gasteiger charge is -2.28. The van der Waals surface area contributed by atoms with Crippen molar-refractivity contribution < 1.29 is 0 Å². The van der Waals surface area contributed by atoms with Gasteiger partial charge in [0.2, 0.25) is 0 Å². The molecule has 1 aliphatic rings. The smallest absolute Gasteiger partial charge is 0.162 e. The van der Waals surface area contributed by atoms with Gasteiger partial charge in [-0.1, -0.05) is 23.2 Å². The number of hydrogen-bond donors (Lipinski definition) is 0. The second-order valence-electron chi connectivity index (χ2n) is 5.99. The monoisotopic (exact) mass is 371 g/mol. The van der Waals surface area contributed by atoms with E-state index in [1.54, 1.807) is 12.4 Å². The topological polar surface area (TPSA) is 54.8 Å². The van der Waals surface area contributed by atoms with Crippen molar-refractivity contribution in [3.63, 3.8) is 0 Å². The van der Waals surface area contributed by atoms with Gasteiger partial charge in [-0.05, 0) is 23.8 Å². The van der Waals surface area contributed by atoms with Crippen molar-refractivity contribution >= 4 is 23.2 Å². The molecule has 0 radical (unpaired) electrons.